The van der Waals surface area contributed by atoms with Gasteiger partial charge in [0.15, 0.2) is 0 Å². The van der Waals surface area contributed by atoms with Gasteiger partial charge in [-0.25, -0.2) is 4.98 Å². The Kier molecular flexibility index (Phi) is 8.97. The van der Waals surface area contributed by atoms with Crippen LogP contribution in [0.25, 0.3) is 0 Å². The highest BCUT2D eigenvalue weighted by Crippen LogP contribution is 2.16. The van der Waals surface area contributed by atoms with Crippen LogP contribution in [0.2, 0.25) is 5.02 Å². The van der Waals surface area contributed by atoms with Crippen LogP contribution < -0.4 is 10.6 Å². The van der Waals surface area contributed by atoms with E-state index in [4.69, 9.17) is 16.3 Å². The fourth-order valence-corrected chi connectivity index (χ4v) is 3.81. The molecule has 0 bridgehead atoms. The summed E-state index contributed by atoms with van der Waals surface area (Å²) < 4.78 is 5.24. The van der Waals surface area contributed by atoms with Crippen LogP contribution in [0.1, 0.15) is 39.5 Å². The normalized spacial score (nSPS) is 10.5. The van der Waals surface area contributed by atoms with Crippen LogP contribution in [0.3, 0.4) is 0 Å². The number of carbonyl (C=O) groups is 3. The molecule has 0 aliphatic heterocycles. The van der Waals surface area contributed by atoms with Crippen molar-refractivity contribution >= 4 is 46.4 Å². The van der Waals surface area contributed by atoms with Crippen molar-refractivity contribution in [2.45, 2.75) is 32.8 Å². The molecule has 0 aliphatic rings. The van der Waals surface area contributed by atoms with E-state index in [9.17, 15) is 14.4 Å². The molecule has 0 saturated heterocycles. The zero-order valence-corrected chi connectivity index (χ0v) is 19.7. The Morgan fingerprint density at radius 1 is 1.09 bits per heavy atom. The van der Waals surface area contributed by atoms with Crippen LogP contribution in [-0.4, -0.2) is 29.3 Å². The van der Waals surface area contributed by atoms with Crippen LogP contribution >= 0.6 is 22.9 Å². The van der Waals surface area contributed by atoms with Crippen molar-refractivity contribution in [3.63, 3.8) is 0 Å². The second kappa shape index (κ2) is 12.1. The van der Waals surface area contributed by atoms with E-state index in [0.29, 0.717) is 34.3 Å². The number of amides is 2. The van der Waals surface area contributed by atoms with Crippen LogP contribution in [0.5, 0.6) is 0 Å². The van der Waals surface area contributed by atoms with Gasteiger partial charge >= 0.3 is 5.97 Å². The molecule has 1 aromatic heterocycles. The van der Waals surface area contributed by atoms with Crippen molar-refractivity contribution in [2.75, 3.05) is 11.9 Å². The van der Waals surface area contributed by atoms with Gasteiger partial charge in [0.1, 0.15) is 11.6 Å². The lowest BCUT2D eigenvalue weighted by molar-refractivity contribution is -0.145. The third-order valence-corrected chi connectivity index (χ3v) is 5.81. The van der Waals surface area contributed by atoms with E-state index in [1.807, 2.05) is 31.2 Å². The Hall–Kier alpha value is -3.23. The number of carbonyl (C=O) groups excluding carboxylic acids is 3. The second-order valence-electron chi connectivity index (χ2n) is 7.30. The van der Waals surface area contributed by atoms with Crippen LogP contribution in [0.4, 0.5) is 5.69 Å². The summed E-state index contributed by atoms with van der Waals surface area (Å²) in [4.78, 5) is 40.6. The lowest BCUT2D eigenvalue weighted by Crippen LogP contribution is -2.25. The second-order valence-corrected chi connectivity index (χ2v) is 8.68. The number of esters is 1. The number of anilines is 1. The lowest BCUT2D eigenvalue weighted by Gasteiger charge is -2.07. The molecule has 2 aromatic carbocycles. The number of aryl methyl sites for hydroxylation is 1. The zero-order chi connectivity index (χ0) is 23.6. The molecule has 172 valence electrons. The Morgan fingerprint density at radius 3 is 2.61 bits per heavy atom. The first-order chi connectivity index (χ1) is 15.9. The molecular formula is C24H24ClN3O4S. The number of aromatic nitrogens is 1. The van der Waals surface area contributed by atoms with E-state index < -0.39 is 0 Å². The van der Waals surface area contributed by atoms with Crippen LogP contribution in [0.15, 0.2) is 53.9 Å². The minimum atomic E-state index is -0.373. The first-order valence-electron chi connectivity index (χ1n) is 10.4. The molecule has 0 unspecified atom stereocenters. The average molecular weight is 486 g/mol. The van der Waals surface area contributed by atoms with E-state index in [0.717, 1.165) is 11.3 Å². The number of benzene rings is 2. The summed E-state index contributed by atoms with van der Waals surface area (Å²) in [5.74, 6) is -0.744. The predicted octanol–water partition coefficient (Wildman–Crippen LogP) is 4.54. The van der Waals surface area contributed by atoms with Gasteiger partial charge in [0.05, 0.1) is 12.1 Å². The highest BCUT2D eigenvalue weighted by atomic mass is 35.5. The van der Waals surface area contributed by atoms with Crippen molar-refractivity contribution in [2.24, 2.45) is 0 Å². The van der Waals surface area contributed by atoms with E-state index in [2.05, 4.69) is 15.6 Å². The van der Waals surface area contributed by atoms with E-state index in [-0.39, 0.29) is 37.2 Å². The summed E-state index contributed by atoms with van der Waals surface area (Å²) in [6.45, 7) is 2.33. The Bertz CT molecular complexity index is 1110. The third-order valence-electron chi connectivity index (χ3n) is 4.66. The van der Waals surface area contributed by atoms with Crippen molar-refractivity contribution in [3.8, 4) is 0 Å². The molecule has 0 spiro atoms. The number of nitrogens with zero attached hydrogens (tertiary/aromatic N) is 1. The van der Waals surface area contributed by atoms with Gasteiger partial charge in [0.2, 0.25) is 5.91 Å². The average Bonchev–Trinajstić information content (AvgIpc) is 3.24. The molecule has 0 atom stereocenters. The topological polar surface area (TPSA) is 97.4 Å². The van der Waals surface area contributed by atoms with E-state index in [1.54, 1.807) is 29.6 Å². The molecule has 9 heteroatoms. The van der Waals surface area contributed by atoms with Gasteiger partial charge in [-0.15, -0.1) is 11.3 Å². The lowest BCUT2D eigenvalue weighted by atomic mass is 10.2. The molecule has 1 heterocycles. The Morgan fingerprint density at radius 2 is 1.85 bits per heavy atom. The van der Waals surface area contributed by atoms with Crippen molar-refractivity contribution in [3.05, 3.63) is 80.8 Å². The minimum absolute atomic E-state index is 0.0475. The first kappa shape index (κ1) is 24.4. The smallest absolute Gasteiger partial charge is 0.306 e. The van der Waals surface area contributed by atoms with E-state index >= 15 is 0 Å². The molecular weight excluding hydrogens is 462 g/mol. The summed E-state index contributed by atoms with van der Waals surface area (Å²) in [5.41, 5.74) is 2.87. The highest BCUT2D eigenvalue weighted by Gasteiger charge is 2.11. The van der Waals surface area contributed by atoms with Gasteiger partial charge in [-0.1, -0.05) is 29.8 Å². The number of ether oxygens (including phenoxy) is 1. The number of rotatable bonds is 10. The summed E-state index contributed by atoms with van der Waals surface area (Å²) >= 11 is 7.15. The molecule has 0 saturated carbocycles. The standard InChI is InChI=1S/C24H24ClN3O4S/c1-16-5-2-3-6-20(16)28-21(29)13-22-27-19(15-33-22)14-32-23(30)7-4-12-26-24(31)17-8-10-18(25)11-9-17/h2-3,5-6,8-11,15H,4,7,12-14H2,1H3,(H,26,31)(H,28,29). The molecule has 2 amide bonds. The van der Waals surface area contributed by atoms with Gasteiger partial charge < -0.3 is 15.4 Å². The molecule has 0 fully saturated rings. The number of hydrogen-bond acceptors (Lipinski definition) is 6. The monoisotopic (exact) mass is 485 g/mol. The Balaban J connectivity index is 1.33. The third kappa shape index (κ3) is 8.00. The number of thiazole rings is 1. The molecule has 2 N–H and O–H groups in total. The molecule has 7 nitrogen and oxygen atoms in total. The summed E-state index contributed by atoms with van der Waals surface area (Å²) in [6.07, 6.45) is 0.788. The number of halogens is 1. The predicted molar refractivity (Wildman–Crippen MR) is 128 cm³/mol. The number of hydrogen-bond donors (Lipinski definition) is 2. The maximum Gasteiger partial charge on any atom is 0.306 e. The highest BCUT2D eigenvalue weighted by molar-refractivity contribution is 7.09. The maximum atomic E-state index is 12.2. The summed E-state index contributed by atoms with van der Waals surface area (Å²) in [5, 5.41) is 8.61. The van der Waals surface area contributed by atoms with Gasteiger partial charge in [-0.2, -0.15) is 0 Å². The molecule has 0 radical (unpaired) electrons. The summed E-state index contributed by atoms with van der Waals surface area (Å²) in [6, 6.07) is 14.1. The fraction of sp³-hybridized carbons (Fsp3) is 0.250. The molecule has 33 heavy (non-hydrogen) atoms. The van der Waals surface area contributed by atoms with Gasteiger partial charge in [0, 0.05) is 34.6 Å². The SMILES string of the molecule is Cc1ccccc1NC(=O)Cc1nc(COC(=O)CCCNC(=O)c2ccc(Cl)cc2)cs1. The quantitative estimate of drug-likeness (QED) is 0.324. The summed E-state index contributed by atoms with van der Waals surface area (Å²) in [7, 11) is 0. The number of nitrogens with one attached hydrogen (secondary N) is 2. The van der Waals surface area contributed by atoms with Crippen molar-refractivity contribution in [1.82, 2.24) is 10.3 Å². The van der Waals surface area contributed by atoms with Gasteiger partial charge in [0.25, 0.3) is 5.91 Å². The zero-order valence-electron chi connectivity index (χ0n) is 18.1. The first-order valence-corrected chi connectivity index (χ1v) is 11.6. The fourth-order valence-electron chi connectivity index (χ4n) is 2.91. The Labute approximate surface area is 201 Å². The number of para-hydroxylation sites is 1. The molecule has 0 aliphatic carbocycles. The van der Waals surface area contributed by atoms with Crippen LogP contribution in [-0.2, 0) is 27.4 Å². The molecule has 3 rings (SSSR count). The van der Waals surface area contributed by atoms with Crippen molar-refractivity contribution < 1.29 is 19.1 Å². The maximum absolute atomic E-state index is 12.2. The molecule has 3 aromatic rings. The van der Waals surface area contributed by atoms with Crippen LogP contribution in [0, 0.1) is 6.92 Å². The van der Waals surface area contributed by atoms with Gasteiger partial charge in [-0.05, 0) is 49.2 Å². The van der Waals surface area contributed by atoms with Crippen molar-refractivity contribution in [1.29, 1.82) is 0 Å². The van der Waals surface area contributed by atoms with E-state index in [1.165, 1.54) is 11.3 Å². The van der Waals surface area contributed by atoms with Gasteiger partial charge in [-0.3, -0.25) is 14.4 Å². The largest absolute Gasteiger partial charge is 0.459 e. The minimum Gasteiger partial charge on any atom is -0.459 e.